The number of rotatable bonds is 11. The number of carbonyl (C=O) groups excluding carboxylic acids is 1. The van der Waals surface area contributed by atoms with E-state index in [1.807, 2.05) is 42.5 Å². The number of hydrogen-bond donors (Lipinski definition) is 1. The van der Waals surface area contributed by atoms with Gasteiger partial charge in [0.15, 0.2) is 11.5 Å². The van der Waals surface area contributed by atoms with Crippen LogP contribution in [0.3, 0.4) is 0 Å². The molecule has 38 heavy (non-hydrogen) atoms. The maximum absolute atomic E-state index is 13.2. The smallest absolute Gasteiger partial charge is 0.220 e. The Morgan fingerprint density at radius 3 is 2.53 bits per heavy atom. The Hall–Kier alpha value is -3.77. The predicted molar refractivity (Wildman–Crippen MR) is 152 cm³/mol. The molecule has 1 atom stereocenters. The van der Waals surface area contributed by atoms with Crippen LogP contribution in [0, 0.1) is 0 Å². The summed E-state index contributed by atoms with van der Waals surface area (Å²) in [6, 6.07) is 24.5. The van der Waals surface area contributed by atoms with Crippen molar-refractivity contribution in [2.45, 2.75) is 31.8 Å². The lowest BCUT2D eigenvalue weighted by molar-refractivity contribution is -0.121. The average Bonchev–Trinajstić information content (AvgIpc) is 3.59. The fourth-order valence-electron chi connectivity index (χ4n) is 5.43. The molecule has 2 heterocycles. The number of fused-ring (bicyclic) bond motifs is 1. The van der Waals surface area contributed by atoms with E-state index in [0.717, 1.165) is 47.2 Å². The summed E-state index contributed by atoms with van der Waals surface area (Å²) in [7, 11) is 3.71. The molecule has 0 radical (unpaired) electrons. The van der Waals surface area contributed by atoms with Crippen molar-refractivity contribution in [2.24, 2.45) is 7.05 Å². The summed E-state index contributed by atoms with van der Waals surface area (Å²) in [5.41, 5.74) is 4.40. The minimum absolute atomic E-state index is 0.0599. The minimum atomic E-state index is -0.127. The molecule has 0 bridgehead atoms. The van der Waals surface area contributed by atoms with Crippen LogP contribution in [0.4, 0.5) is 0 Å². The van der Waals surface area contributed by atoms with Gasteiger partial charge < -0.3 is 24.3 Å². The Labute approximate surface area is 225 Å². The third-order valence-electron chi connectivity index (χ3n) is 7.47. The number of likely N-dealkylation sites (tertiary alicyclic amines) is 1. The molecule has 0 unspecified atom stereocenters. The molecule has 1 fully saturated rings. The average molecular weight is 512 g/mol. The van der Waals surface area contributed by atoms with Gasteiger partial charge >= 0.3 is 0 Å². The van der Waals surface area contributed by atoms with Gasteiger partial charge in [0.2, 0.25) is 5.91 Å². The summed E-state index contributed by atoms with van der Waals surface area (Å²) < 4.78 is 14.0. The zero-order valence-corrected chi connectivity index (χ0v) is 22.4. The Balaban J connectivity index is 1.42. The van der Waals surface area contributed by atoms with E-state index < -0.39 is 0 Å². The summed E-state index contributed by atoms with van der Waals surface area (Å²) >= 11 is 0. The van der Waals surface area contributed by atoms with Crippen molar-refractivity contribution in [1.29, 1.82) is 0 Å². The van der Waals surface area contributed by atoms with Gasteiger partial charge in [0.25, 0.3) is 0 Å². The fourth-order valence-corrected chi connectivity index (χ4v) is 5.43. The van der Waals surface area contributed by atoms with Gasteiger partial charge in [-0.2, -0.15) is 0 Å². The number of aryl methyl sites for hydroxylation is 1. The van der Waals surface area contributed by atoms with Crippen LogP contribution in [0.25, 0.3) is 10.9 Å². The number of amides is 1. The van der Waals surface area contributed by atoms with Crippen molar-refractivity contribution in [3.8, 4) is 11.5 Å². The number of methoxy groups -OCH3 is 1. The van der Waals surface area contributed by atoms with Gasteiger partial charge in [0.05, 0.1) is 7.11 Å². The van der Waals surface area contributed by atoms with E-state index in [1.54, 1.807) is 7.11 Å². The van der Waals surface area contributed by atoms with E-state index in [1.165, 1.54) is 12.8 Å². The first-order valence-electron chi connectivity index (χ1n) is 13.5. The Bertz CT molecular complexity index is 1360. The fraction of sp³-hybridized carbons (Fsp3) is 0.344. The zero-order valence-electron chi connectivity index (χ0n) is 22.4. The molecule has 1 amide bonds. The highest BCUT2D eigenvalue weighted by Gasteiger charge is 2.24. The van der Waals surface area contributed by atoms with Crippen LogP contribution >= 0.6 is 0 Å². The number of para-hydroxylation sites is 1. The molecule has 1 N–H and O–H groups in total. The van der Waals surface area contributed by atoms with Crippen LogP contribution in [-0.4, -0.2) is 48.7 Å². The monoisotopic (exact) mass is 511 g/mol. The van der Waals surface area contributed by atoms with Gasteiger partial charge in [-0.1, -0.05) is 54.6 Å². The molecule has 6 heteroatoms. The van der Waals surface area contributed by atoms with E-state index in [2.05, 4.69) is 58.4 Å². The Morgan fingerprint density at radius 2 is 1.74 bits per heavy atom. The highest BCUT2D eigenvalue weighted by atomic mass is 16.5. The molecular weight excluding hydrogens is 474 g/mol. The van der Waals surface area contributed by atoms with E-state index in [-0.39, 0.29) is 11.8 Å². The van der Waals surface area contributed by atoms with Crippen LogP contribution in [0.1, 0.15) is 41.9 Å². The molecule has 1 aliphatic rings. The van der Waals surface area contributed by atoms with Crippen molar-refractivity contribution in [3.63, 3.8) is 0 Å². The number of nitrogens with one attached hydrogen (secondary N) is 1. The summed E-state index contributed by atoms with van der Waals surface area (Å²) in [6.45, 7) is 4.29. The first-order chi connectivity index (χ1) is 18.6. The normalized spacial score (nSPS) is 14.5. The summed E-state index contributed by atoms with van der Waals surface area (Å²) in [5.74, 6) is 1.28. The molecule has 4 aromatic rings. The maximum Gasteiger partial charge on any atom is 0.220 e. The molecule has 198 valence electrons. The van der Waals surface area contributed by atoms with Crippen molar-refractivity contribution >= 4 is 16.8 Å². The highest BCUT2D eigenvalue weighted by Crippen LogP contribution is 2.38. The second-order valence-electron chi connectivity index (χ2n) is 10.1. The predicted octanol–water partition coefficient (Wildman–Crippen LogP) is 5.50. The van der Waals surface area contributed by atoms with Crippen molar-refractivity contribution in [2.75, 3.05) is 33.3 Å². The van der Waals surface area contributed by atoms with Crippen LogP contribution in [0.15, 0.2) is 79.0 Å². The molecule has 0 saturated carbocycles. The summed E-state index contributed by atoms with van der Waals surface area (Å²) in [5, 5.41) is 4.33. The van der Waals surface area contributed by atoms with Gasteiger partial charge in [-0.15, -0.1) is 0 Å². The number of aromatic nitrogens is 1. The van der Waals surface area contributed by atoms with Crippen LogP contribution in [0.2, 0.25) is 0 Å². The topological polar surface area (TPSA) is 55.7 Å². The zero-order chi connectivity index (χ0) is 26.3. The van der Waals surface area contributed by atoms with E-state index in [9.17, 15) is 4.79 Å². The first-order valence-corrected chi connectivity index (χ1v) is 13.5. The second kappa shape index (κ2) is 12.2. The largest absolute Gasteiger partial charge is 0.493 e. The number of carbonyl (C=O) groups is 1. The molecule has 6 nitrogen and oxygen atoms in total. The van der Waals surface area contributed by atoms with Crippen LogP contribution < -0.4 is 14.8 Å². The summed E-state index contributed by atoms with van der Waals surface area (Å²) in [6.07, 6.45) is 5.02. The number of hydrogen-bond acceptors (Lipinski definition) is 4. The third kappa shape index (κ3) is 6.03. The van der Waals surface area contributed by atoms with Gasteiger partial charge in [0.1, 0.15) is 6.61 Å². The lowest BCUT2D eigenvalue weighted by Crippen LogP contribution is -2.34. The molecule has 5 rings (SSSR count). The van der Waals surface area contributed by atoms with Gasteiger partial charge in [-0.25, -0.2) is 0 Å². The Kier molecular flexibility index (Phi) is 8.29. The molecule has 1 aromatic heterocycles. The van der Waals surface area contributed by atoms with Gasteiger partial charge in [-0.3, -0.25) is 4.79 Å². The molecule has 0 spiro atoms. The third-order valence-corrected chi connectivity index (χ3v) is 7.47. The summed E-state index contributed by atoms with van der Waals surface area (Å²) in [4.78, 5) is 15.7. The van der Waals surface area contributed by atoms with Gasteiger partial charge in [0, 0.05) is 49.6 Å². The van der Waals surface area contributed by atoms with Gasteiger partial charge in [-0.05, 0) is 60.8 Å². The van der Waals surface area contributed by atoms with Crippen molar-refractivity contribution in [1.82, 2.24) is 14.8 Å². The standard InChI is InChI=1S/C32H37N3O3/c1-34-22-28(26-12-6-7-13-29(26)34)27(21-32(36)33-16-19-35-17-8-9-18-35)25-14-15-30(37-2)31(20-25)38-23-24-10-4-3-5-11-24/h3-7,10-15,20,22,27H,8-9,16-19,21,23H2,1-2H3,(H,33,36)/t27-/m1/s1. The first kappa shape index (κ1) is 25.9. The SMILES string of the molecule is COc1ccc([C@@H](CC(=O)NCCN2CCCC2)c2cn(C)c3ccccc23)cc1OCc1ccccc1. The lowest BCUT2D eigenvalue weighted by atomic mass is 9.87. The molecule has 3 aromatic carbocycles. The van der Waals surface area contributed by atoms with Crippen molar-refractivity contribution in [3.05, 3.63) is 95.7 Å². The van der Waals surface area contributed by atoms with E-state index >= 15 is 0 Å². The number of ether oxygens (including phenoxy) is 2. The second-order valence-corrected chi connectivity index (χ2v) is 10.1. The minimum Gasteiger partial charge on any atom is -0.493 e. The van der Waals surface area contributed by atoms with Crippen LogP contribution in [0.5, 0.6) is 11.5 Å². The molecule has 0 aliphatic carbocycles. The highest BCUT2D eigenvalue weighted by molar-refractivity contribution is 5.86. The Morgan fingerprint density at radius 1 is 0.974 bits per heavy atom. The van der Waals surface area contributed by atoms with Crippen LogP contribution in [-0.2, 0) is 18.4 Å². The lowest BCUT2D eigenvalue weighted by Gasteiger charge is -2.20. The van der Waals surface area contributed by atoms with E-state index in [0.29, 0.717) is 31.1 Å². The molecule has 1 aliphatic heterocycles. The quantitative estimate of drug-likeness (QED) is 0.289. The number of benzene rings is 3. The maximum atomic E-state index is 13.2. The number of nitrogens with zero attached hydrogens (tertiary/aromatic N) is 2. The molecule has 1 saturated heterocycles. The molecular formula is C32H37N3O3. The van der Waals surface area contributed by atoms with Crippen molar-refractivity contribution < 1.29 is 14.3 Å². The van der Waals surface area contributed by atoms with E-state index in [4.69, 9.17) is 9.47 Å².